The fraction of sp³-hybridized carbons (Fsp3) is 0.440. The first-order valence-corrected chi connectivity index (χ1v) is 14.5. The minimum atomic E-state index is -4.64. The van der Waals surface area contributed by atoms with Gasteiger partial charge in [0.05, 0.1) is 27.6 Å². The maximum Gasteiger partial charge on any atom is 0.416 e. The van der Waals surface area contributed by atoms with Gasteiger partial charge in [0.2, 0.25) is 21.8 Å². The first-order valence-electron chi connectivity index (χ1n) is 11.8. The number of sulfonamides is 1. The molecule has 210 valence electrons. The molecule has 0 saturated carbocycles. The molecular formula is C25H30Cl2F3N3O4S. The molecule has 0 aliphatic carbocycles. The third-order valence-electron chi connectivity index (χ3n) is 5.69. The normalized spacial score (nSPS) is 12.6. The van der Waals surface area contributed by atoms with E-state index in [0.717, 1.165) is 28.8 Å². The molecule has 0 saturated heterocycles. The van der Waals surface area contributed by atoms with Crippen LogP contribution in [0.15, 0.2) is 42.5 Å². The summed E-state index contributed by atoms with van der Waals surface area (Å²) in [6, 6.07) is 8.03. The number of hydrogen-bond donors (Lipinski definition) is 1. The van der Waals surface area contributed by atoms with Gasteiger partial charge in [-0.3, -0.25) is 13.9 Å². The number of halogens is 5. The minimum Gasteiger partial charge on any atom is -0.355 e. The van der Waals surface area contributed by atoms with Gasteiger partial charge >= 0.3 is 6.18 Å². The molecule has 0 unspecified atom stereocenters. The van der Waals surface area contributed by atoms with Crippen molar-refractivity contribution in [1.29, 1.82) is 0 Å². The van der Waals surface area contributed by atoms with Gasteiger partial charge in [0.15, 0.2) is 0 Å². The highest BCUT2D eigenvalue weighted by Crippen LogP contribution is 2.32. The standard InChI is InChI=1S/C25H30Cl2F3N3O4S/c1-4-22(24(35)31-5-2)32(16-17-11-12-20(26)21(27)14-17)23(34)10-7-13-33(38(3,36)37)19-9-6-8-18(15-19)25(28,29)30/h6,8-9,11-12,14-15,22H,4-5,7,10,13,16H2,1-3H3,(H,31,35)/t22-/m1/s1. The van der Waals surface area contributed by atoms with E-state index in [1.165, 1.54) is 11.0 Å². The van der Waals surface area contributed by atoms with Gasteiger partial charge in [0, 0.05) is 26.1 Å². The summed E-state index contributed by atoms with van der Waals surface area (Å²) >= 11 is 12.1. The number of nitrogens with zero attached hydrogens (tertiary/aromatic N) is 2. The third kappa shape index (κ3) is 8.78. The largest absolute Gasteiger partial charge is 0.416 e. The highest BCUT2D eigenvalue weighted by Gasteiger charge is 2.32. The molecule has 0 aliphatic heterocycles. The average Bonchev–Trinajstić information content (AvgIpc) is 2.82. The monoisotopic (exact) mass is 595 g/mol. The summed E-state index contributed by atoms with van der Waals surface area (Å²) in [6.45, 7) is 3.70. The summed E-state index contributed by atoms with van der Waals surface area (Å²) in [5.41, 5.74) is -0.506. The molecule has 0 fully saturated rings. The number of carbonyl (C=O) groups excluding carboxylic acids is 2. The molecule has 2 aromatic carbocycles. The van der Waals surface area contributed by atoms with E-state index in [2.05, 4.69) is 5.32 Å². The number of benzene rings is 2. The summed E-state index contributed by atoms with van der Waals surface area (Å²) in [6.07, 6.45) is -3.59. The third-order valence-corrected chi connectivity index (χ3v) is 7.62. The van der Waals surface area contributed by atoms with Gasteiger partial charge in [-0.15, -0.1) is 0 Å². The molecule has 0 aromatic heterocycles. The Morgan fingerprint density at radius 2 is 1.74 bits per heavy atom. The maximum absolute atomic E-state index is 13.3. The van der Waals surface area contributed by atoms with E-state index in [-0.39, 0.29) is 42.5 Å². The van der Waals surface area contributed by atoms with E-state index in [1.807, 2.05) is 0 Å². The van der Waals surface area contributed by atoms with Crippen LogP contribution in [-0.2, 0) is 32.3 Å². The molecule has 2 rings (SSSR count). The number of carbonyl (C=O) groups is 2. The summed E-state index contributed by atoms with van der Waals surface area (Å²) in [7, 11) is -3.95. The Hall–Kier alpha value is -2.50. The second-order valence-electron chi connectivity index (χ2n) is 8.58. The number of nitrogens with one attached hydrogen (secondary N) is 1. The topological polar surface area (TPSA) is 86.8 Å². The molecule has 13 heteroatoms. The van der Waals surface area contributed by atoms with Crippen molar-refractivity contribution in [3.8, 4) is 0 Å². The predicted molar refractivity (Wildman–Crippen MR) is 143 cm³/mol. The highest BCUT2D eigenvalue weighted by molar-refractivity contribution is 7.92. The summed E-state index contributed by atoms with van der Waals surface area (Å²) in [5, 5.41) is 3.33. The Kier molecular flexibility index (Phi) is 11.3. The van der Waals surface area contributed by atoms with Gasteiger partial charge in [0.1, 0.15) is 6.04 Å². The van der Waals surface area contributed by atoms with Crippen molar-refractivity contribution in [2.45, 2.75) is 51.9 Å². The first-order chi connectivity index (χ1) is 17.7. The Labute approximate surface area is 230 Å². The number of anilines is 1. The van der Waals surface area contributed by atoms with E-state index in [4.69, 9.17) is 23.2 Å². The zero-order chi connectivity index (χ0) is 28.7. The quantitative estimate of drug-likeness (QED) is 0.351. The van der Waals surface area contributed by atoms with Crippen molar-refractivity contribution in [3.63, 3.8) is 0 Å². The molecular weight excluding hydrogens is 566 g/mol. The van der Waals surface area contributed by atoms with Crippen LogP contribution in [0, 0.1) is 0 Å². The number of amides is 2. The zero-order valence-corrected chi connectivity index (χ0v) is 23.5. The van der Waals surface area contributed by atoms with Crippen LogP contribution in [0.5, 0.6) is 0 Å². The first kappa shape index (κ1) is 31.7. The molecule has 38 heavy (non-hydrogen) atoms. The number of alkyl halides is 3. The van der Waals surface area contributed by atoms with Crippen molar-refractivity contribution < 1.29 is 31.2 Å². The Morgan fingerprint density at radius 1 is 1.05 bits per heavy atom. The Morgan fingerprint density at radius 3 is 2.29 bits per heavy atom. The molecule has 0 heterocycles. The van der Waals surface area contributed by atoms with E-state index >= 15 is 0 Å². The smallest absolute Gasteiger partial charge is 0.355 e. The van der Waals surface area contributed by atoms with Crippen molar-refractivity contribution in [2.24, 2.45) is 0 Å². The lowest BCUT2D eigenvalue weighted by molar-refractivity contribution is -0.141. The van der Waals surface area contributed by atoms with Crippen molar-refractivity contribution in [3.05, 3.63) is 63.6 Å². The molecule has 0 spiro atoms. The van der Waals surface area contributed by atoms with Gasteiger partial charge in [-0.05, 0) is 55.7 Å². The fourth-order valence-corrected chi connectivity index (χ4v) is 5.17. The van der Waals surface area contributed by atoms with Gasteiger partial charge < -0.3 is 10.2 Å². The molecule has 0 radical (unpaired) electrons. The van der Waals surface area contributed by atoms with E-state index in [1.54, 1.807) is 32.0 Å². The van der Waals surface area contributed by atoms with Crippen LogP contribution in [0.2, 0.25) is 10.0 Å². The fourth-order valence-electron chi connectivity index (χ4n) is 3.89. The number of likely N-dealkylation sites (N-methyl/N-ethyl adjacent to an activating group) is 1. The minimum absolute atomic E-state index is 0.00581. The second-order valence-corrected chi connectivity index (χ2v) is 11.3. The molecule has 7 nitrogen and oxygen atoms in total. The summed E-state index contributed by atoms with van der Waals surface area (Å²) < 4.78 is 65.1. The van der Waals surface area contributed by atoms with E-state index in [0.29, 0.717) is 23.6 Å². The maximum atomic E-state index is 13.3. The van der Waals surface area contributed by atoms with Crippen LogP contribution in [0.3, 0.4) is 0 Å². The van der Waals surface area contributed by atoms with Crippen LogP contribution in [0.25, 0.3) is 0 Å². The van der Waals surface area contributed by atoms with Crippen molar-refractivity contribution in [1.82, 2.24) is 10.2 Å². The SMILES string of the molecule is CCNC(=O)[C@@H](CC)N(Cc1ccc(Cl)c(Cl)c1)C(=O)CCCN(c1cccc(C(F)(F)F)c1)S(C)(=O)=O. The second kappa shape index (κ2) is 13.5. The molecule has 2 amide bonds. The van der Waals surface area contributed by atoms with Gasteiger partial charge in [-0.25, -0.2) is 8.42 Å². The Balaban J connectivity index is 2.27. The summed E-state index contributed by atoms with van der Waals surface area (Å²) in [4.78, 5) is 27.4. The van der Waals surface area contributed by atoms with Gasteiger partial charge in [0.25, 0.3) is 0 Å². The van der Waals surface area contributed by atoms with Gasteiger partial charge in [-0.2, -0.15) is 13.2 Å². The predicted octanol–water partition coefficient (Wildman–Crippen LogP) is 5.50. The van der Waals surface area contributed by atoms with Crippen molar-refractivity contribution >= 4 is 50.7 Å². The molecule has 0 bridgehead atoms. The number of rotatable bonds is 12. The van der Waals surface area contributed by atoms with E-state index < -0.39 is 33.7 Å². The lowest BCUT2D eigenvalue weighted by atomic mass is 10.1. The lowest BCUT2D eigenvalue weighted by Crippen LogP contribution is -2.49. The highest BCUT2D eigenvalue weighted by atomic mass is 35.5. The molecule has 1 N–H and O–H groups in total. The molecule has 0 aliphatic rings. The number of hydrogen-bond acceptors (Lipinski definition) is 4. The van der Waals surface area contributed by atoms with Gasteiger partial charge in [-0.1, -0.05) is 42.3 Å². The van der Waals surface area contributed by atoms with Crippen LogP contribution in [0.4, 0.5) is 18.9 Å². The average molecular weight is 596 g/mol. The van der Waals surface area contributed by atoms with E-state index in [9.17, 15) is 31.2 Å². The van der Waals surface area contributed by atoms with Crippen LogP contribution in [-0.4, -0.2) is 50.5 Å². The van der Waals surface area contributed by atoms with Crippen molar-refractivity contribution in [2.75, 3.05) is 23.7 Å². The molecule has 1 atom stereocenters. The zero-order valence-electron chi connectivity index (χ0n) is 21.2. The molecule has 2 aromatic rings. The van der Waals surface area contributed by atoms with Crippen LogP contribution >= 0.6 is 23.2 Å². The summed E-state index contributed by atoms with van der Waals surface area (Å²) in [5.74, 6) is -0.767. The lowest BCUT2D eigenvalue weighted by Gasteiger charge is -2.31. The Bertz CT molecular complexity index is 1240. The van der Waals surface area contributed by atoms with Crippen LogP contribution in [0.1, 0.15) is 44.2 Å². The van der Waals surface area contributed by atoms with Crippen LogP contribution < -0.4 is 9.62 Å².